The highest BCUT2D eigenvalue weighted by Gasteiger charge is 2.36. The molecular weight excluding hydrogens is 218 g/mol. The summed E-state index contributed by atoms with van der Waals surface area (Å²) in [6.07, 6.45) is 5.47. The number of nitrogens with zero attached hydrogens (tertiary/aromatic N) is 2. The van der Waals surface area contributed by atoms with Crippen LogP contribution in [0, 0.1) is 0 Å². The van der Waals surface area contributed by atoms with Crippen LogP contribution in [0.5, 0.6) is 0 Å². The Labute approximate surface area is 100 Å². The molecule has 1 N–H and O–H groups in total. The highest BCUT2D eigenvalue weighted by Crippen LogP contribution is 2.32. The Morgan fingerprint density at radius 3 is 3.12 bits per heavy atom. The van der Waals surface area contributed by atoms with Crippen LogP contribution in [0.1, 0.15) is 37.4 Å². The van der Waals surface area contributed by atoms with Gasteiger partial charge >= 0.3 is 0 Å². The van der Waals surface area contributed by atoms with E-state index in [1.807, 2.05) is 11.0 Å². The summed E-state index contributed by atoms with van der Waals surface area (Å²) in [5.74, 6) is 0.152. The molecule has 92 valence electrons. The maximum absolute atomic E-state index is 12.3. The molecule has 3 heterocycles. The number of likely N-dealkylation sites (tertiary alicyclic amines) is 1. The van der Waals surface area contributed by atoms with Crippen molar-refractivity contribution in [3.05, 3.63) is 18.0 Å². The van der Waals surface area contributed by atoms with Gasteiger partial charge in [0.1, 0.15) is 6.10 Å². The van der Waals surface area contributed by atoms with Gasteiger partial charge in [0, 0.05) is 19.3 Å². The molecule has 2 fully saturated rings. The highest BCUT2D eigenvalue weighted by molar-refractivity contribution is 5.81. The van der Waals surface area contributed by atoms with Crippen LogP contribution in [0.15, 0.2) is 12.3 Å². The number of aromatic nitrogens is 2. The van der Waals surface area contributed by atoms with Crippen LogP contribution in [-0.4, -0.2) is 40.3 Å². The second-order valence-corrected chi connectivity index (χ2v) is 4.70. The van der Waals surface area contributed by atoms with Crippen molar-refractivity contribution in [2.75, 3.05) is 13.2 Å². The van der Waals surface area contributed by atoms with Gasteiger partial charge in [-0.15, -0.1) is 0 Å². The van der Waals surface area contributed by atoms with E-state index in [4.69, 9.17) is 4.74 Å². The average molecular weight is 235 g/mol. The van der Waals surface area contributed by atoms with Crippen LogP contribution >= 0.6 is 0 Å². The molecule has 1 aromatic heterocycles. The zero-order valence-corrected chi connectivity index (χ0v) is 9.76. The molecule has 0 unspecified atom stereocenters. The molecule has 5 nitrogen and oxygen atoms in total. The van der Waals surface area contributed by atoms with E-state index in [9.17, 15) is 4.79 Å². The molecule has 0 aliphatic carbocycles. The summed E-state index contributed by atoms with van der Waals surface area (Å²) in [5, 5.41) is 6.93. The molecule has 0 radical (unpaired) electrons. The molecule has 0 bridgehead atoms. The fourth-order valence-corrected chi connectivity index (χ4v) is 2.76. The number of carbonyl (C=O) groups is 1. The average Bonchev–Trinajstić information content (AvgIpc) is 3.09. The van der Waals surface area contributed by atoms with Crippen molar-refractivity contribution in [1.82, 2.24) is 15.1 Å². The van der Waals surface area contributed by atoms with Gasteiger partial charge in [-0.05, 0) is 31.7 Å². The quantitative estimate of drug-likeness (QED) is 0.839. The normalized spacial score (nSPS) is 28.8. The third kappa shape index (κ3) is 1.95. The van der Waals surface area contributed by atoms with E-state index in [-0.39, 0.29) is 18.1 Å². The molecule has 0 spiro atoms. The maximum atomic E-state index is 12.3. The van der Waals surface area contributed by atoms with Crippen molar-refractivity contribution in [3.63, 3.8) is 0 Å². The van der Waals surface area contributed by atoms with Gasteiger partial charge < -0.3 is 9.64 Å². The van der Waals surface area contributed by atoms with Crippen LogP contribution in [0.4, 0.5) is 0 Å². The lowest BCUT2D eigenvalue weighted by Crippen LogP contribution is -2.38. The lowest BCUT2D eigenvalue weighted by atomic mass is 10.1. The number of carbonyl (C=O) groups excluding carboxylic acids is 1. The van der Waals surface area contributed by atoms with E-state index in [0.717, 1.165) is 44.5 Å². The number of hydrogen-bond acceptors (Lipinski definition) is 3. The largest absolute Gasteiger partial charge is 0.368 e. The van der Waals surface area contributed by atoms with Gasteiger partial charge in [-0.25, -0.2) is 0 Å². The molecule has 2 aliphatic rings. The summed E-state index contributed by atoms with van der Waals surface area (Å²) < 4.78 is 5.48. The third-order valence-corrected chi connectivity index (χ3v) is 3.62. The Morgan fingerprint density at radius 1 is 1.47 bits per heavy atom. The molecule has 2 atom stereocenters. The van der Waals surface area contributed by atoms with Crippen LogP contribution in [0.2, 0.25) is 0 Å². The van der Waals surface area contributed by atoms with E-state index >= 15 is 0 Å². The first-order valence-corrected chi connectivity index (χ1v) is 6.27. The standard InChI is InChI=1S/C12H17N3O2/c16-12(11-4-2-8-17-11)15-7-1-3-10(15)9-5-6-13-14-9/h5-6,10-11H,1-4,7-8H2,(H,13,14)/t10-,11-/m1/s1. The van der Waals surface area contributed by atoms with Gasteiger partial charge in [-0.1, -0.05) is 0 Å². The fraction of sp³-hybridized carbons (Fsp3) is 0.667. The topological polar surface area (TPSA) is 58.2 Å². The summed E-state index contributed by atoms with van der Waals surface area (Å²) >= 11 is 0. The van der Waals surface area contributed by atoms with E-state index in [1.165, 1.54) is 0 Å². The molecule has 2 saturated heterocycles. The van der Waals surface area contributed by atoms with Crippen molar-refractivity contribution in [2.45, 2.75) is 37.8 Å². The zero-order valence-electron chi connectivity index (χ0n) is 9.76. The van der Waals surface area contributed by atoms with Crippen molar-refractivity contribution < 1.29 is 9.53 Å². The number of hydrogen-bond donors (Lipinski definition) is 1. The number of ether oxygens (including phenoxy) is 1. The van der Waals surface area contributed by atoms with Crippen molar-refractivity contribution >= 4 is 5.91 Å². The summed E-state index contributed by atoms with van der Waals surface area (Å²) in [6, 6.07) is 2.11. The third-order valence-electron chi connectivity index (χ3n) is 3.62. The molecule has 17 heavy (non-hydrogen) atoms. The Kier molecular flexibility index (Phi) is 2.84. The Morgan fingerprint density at radius 2 is 2.41 bits per heavy atom. The first-order valence-electron chi connectivity index (χ1n) is 6.27. The molecule has 2 aliphatic heterocycles. The number of nitrogens with one attached hydrogen (secondary N) is 1. The smallest absolute Gasteiger partial charge is 0.252 e. The number of H-pyrrole nitrogens is 1. The summed E-state index contributed by atoms with van der Waals surface area (Å²) in [4.78, 5) is 14.3. The highest BCUT2D eigenvalue weighted by atomic mass is 16.5. The zero-order chi connectivity index (χ0) is 11.7. The Bertz CT molecular complexity index is 384. The van der Waals surface area contributed by atoms with Crippen molar-refractivity contribution in [2.24, 2.45) is 0 Å². The van der Waals surface area contributed by atoms with E-state index in [0.29, 0.717) is 0 Å². The minimum absolute atomic E-state index is 0.152. The summed E-state index contributed by atoms with van der Waals surface area (Å²) in [5.41, 5.74) is 1.04. The van der Waals surface area contributed by atoms with E-state index in [1.54, 1.807) is 6.20 Å². The van der Waals surface area contributed by atoms with Crippen LogP contribution in [-0.2, 0) is 9.53 Å². The minimum atomic E-state index is -0.210. The van der Waals surface area contributed by atoms with Gasteiger partial charge in [0.05, 0.1) is 11.7 Å². The monoisotopic (exact) mass is 235 g/mol. The lowest BCUT2D eigenvalue weighted by molar-refractivity contribution is -0.142. The molecule has 1 aromatic rings. The molecular formula is C12H17N3O2. The molecule has 3 rings (SSSR count). The first-order chi connectivity index (χ1) is 8.36. The number of aromatic amines is 1. The van der Waals surface area contributed by atoms with Crippen LogP contribution < -0.4 is 0 Å². The SMILES string of the molecule is O=C([C@H]1CCCO1)N1CCC[C@@H]1c1ccn[nH]1. The molecule has 5 heteroatoms. The second-order valence-electron chi connectivity index (χ2n) is 4.70. The summed E-state index contributed by atoms with van der Waals surface area (Å²) in [6.45, 7) is 1.56. The molecule has 0 saturated carbocycles. The minimum Gasteiger partial charge on any atom is -0.368 e. The number of amides is 1. The van der Waals surface area contributed by atoms with E-state index in [2.05, 4.69) is 10.2 Å². The van der Waals surface area contributed by atoms with E-state index < -0.39 is 0 Å². The van der Waals surface area contributed by atoms with Gasteiger partial charge in [-0.3, -0.25) is 9.89 Å². The Hall–Kier alpha value is -1.36. The maximum Gasteiger partial charge on any atom is 0.252 e. The van der Waals surface area contributed by atoms with Gasteiger partial charge in [-0.2, -0.15) is 5.10 Å². The predicted octanol–water partition coefficient (Wildman–Crippen LogP) is 1.25. The molecule has 1 amide bonds. The van der Waals surface area contributed by atoms with Gasteiger partial charge in [0.15, 0.2) is 0 Å². The Balaban J connectivity index is 1.75. The van der Waals surface area contributed by atoms with Crippen molar-refractivity contribution in [1.29, 1.82) is 0 Å². The van der Waals surface area contributed by atoms with Crippen molar-refractivity contribution in [3.8, 4) is 0 Å². The second kappa shape index (κ2) is 4.49. The predicted molar refractivity (Wildman–Crippen MR) is 61.2 cm³/mol. The first kappa shape index (κ1) is 10.8. The van der Waals surface area contributed by atoms with Crippen LogP contribution in [0.25, 0.3) is 0 Å². The summed E-state index contributed by atoms with van der Waals surface area (Å²) in [7, 11) is 0. The van der Waals surface area contributed by atoms with Crippen LogP contribution in [0.3, 0.4) is 0 Å². The van der Waals surface area contributed by atoms with Gasteiger partial charge in [0.2, 0.25) is 0 Å². The number of rotatable bonds is 2. The fourth-order valence-electron chi connectivity index (χ4n) is 2.76. The van der Waals surface area contributed by atoms with Gasteiger partial charge in [0.25, 0.3) is 5.91 Å². The lowest BCUT2D eigenvalue weighted by Gasteiger charge is -2.26. The molecule has 0 aromatic carbocycles.